The van der Waals surface area contributed by atoms with Crippen LogP contribution in [0, 0.1) is 0 Å². The van der Waals surface area contributed by atoms with Gasteiger partial charge in [-0.2, -0.15) is 0 Å². The topological polar surface area (TPSA) is 72.8 Å². The third-order valence-corrected chi connectivity index (χ3v) is 3.47. The van der Waals surface area contributed by atoms with Crippen molar-refractivity contribution in [2.75, 3.05) is 6.79 Å². The summed E-state index contributed by atoms with van der Waals surface area (Å²) in [6.45, 7) is 0.202. The van der Waals surface area contributed by atoms with E-state index in [4.69, 9.17) is 14.6 Å². The van der Waals surface area contributed by atoms with E-state index in [0.29, 0.717) is 17.1 Å². The fourth-order valence-electron chi connectivity index (χ4n) is 2.34. The summed E-state index contributed by atoms with van der Waals surface area (Å²) in [7, 11) is 0. The molecule has 0 saturated carbocycles. The monoisotopic (exact) mass is 310 g/mol. The Morgan fingerprint density at radius 3 is 2.70 bits per heavy atom. The highest BCUT2D eigenvalue weighted by Gasteiger charge is 2.13. The van der Waals surface area contributed by atoms with E-state index >= 15 is 0 Å². The normalized spacial score (nSPS) is 12.5. The smallest absolute Gasteiger partial charge is 0.335 e. The molecule has 1 aliphatic rings. The summed E-state index contributed by atoms with van der Waals surface area (Å²) in [4.78, 5) is 23.2. The number of benzene rings is 2. The van der Waals surface area contributed by atoms with Crippen LogP contribution >= 0.6 is 0 Å². The molecule has 23 heavy (non-hydrogen) atoms. The molecule has 1 N–H and O–H groups in total. The van der Waals surface area contributed by atoms with Crippen LogP contribution in [-0.2, 0) is 11.2 Å². The number of rotatable bonds is 5. The van der Waals surface area contributed by atoms with Gasteiger partial charge in [-0.05, 0) is 35.4 Å². The van der Waals surface area contributed by atoms with Crippen molar-refractivity contribution in [1.82, 2.24) is 0 Å². The van der Waals surface area contributed by atoms with Gasteiger partial charge < -0.3 is 14.6 Å². The lowest BCUT2D eigenvalue weighted by Gasteiger charge is -2.03. The van der Waals surface area contributed by atoms with E-state index in [1.807, 2.05) is 6.07 Å². The van der Waals surface area contributed by atoms with Crippen LogP contribution in [-0.4, -0.2) is 23.7 Å². The lowest BCUT2D eigenvalue weighted by Crippen LogP contribution is -2.06. The third kappa shape index (κ3) is 3.40. The van der Waals surface area contributed by atoms with Crippen LogP contribution in [0.2, 0.25) is 0 Å². The number of fused-ring (bicyclic) bond motifs is 1. The average Bonchev–Trinajstić information content (AvgIpc) is 3.01. The molecule has 0 unspecified atom stereocenters. The van der Waals surface area contributed by atoms with Crippen LogP contribution in [0.15, 0.2) is 48.5 Å². The minimum atomic E-state index is -1.03. The molecule has 5 nitrogen and oxygen atoms in total. The number of ether oxygens (including phenoxy) is 2. The number of carbonyl (C=O) groups is 2. The van der Waals surface area contributed by atoms with E-state index in [-0.39, 0.29) is 24.6 Å². The maximum Gasteiger partial charge on any atom is 0.335 e. The summed E-state index contributed by atoms with van der Waals surface area (Å²) in [5.74, 6) is 0.129. The molecule has 2 aromatic carbocycles. The molecule has 0 atom stereocenters. The highest BCUT2D eigenvalue weighted by molar-refractivity contribution is 5.97. The zero-order valence-corrected chi connectivity index (χ0v) is 12.2. The predicted molar refractivity (Wildman–Crippen MR) is 83.7 cm³/mol. The Kier molecular flexibility index (Phi) is 4.10. The summed E-state index contributed by atoms with van der Waals surface area (Å²) in [5.41, 5.74) is 1.46. The third-order valence-electron chi connectivity index (χ3n) is 3.47. The first-order valence-electron chi connectivity index (χ1n) is 7.05. The fraction of sp³-hybridized carbons (Fsp3) is 0.111. The summed E-state index contributed by atoms with van der Waals surface area (Å²) in [6, 6.07) is 11.9. The molecule has 0 aliphatic carbocycles. The fourth-order valence-corrected chi connectivity index (χ4v) is 2.34. The van der Waals surface area contributed by atoms with E-state index in [9.17, 15) is 9.59 Å². The van der Waals surface area contributed by atoms with Crippen LogP contribution in [0.3, 0.4) is 0 Å². The molecule has 0 bridgehead atoms. The van der Waals surface area contributed by atoms with Crippen LogP contribution in [0.1, 0.15) is 21.5 Å². The molecule has 3 rings (SSSR count). The molecule has 1 heterocycles. The van der Waals surface area contributed by atoms with Crippen molar-refractivity contribution in [3.05, 3.63) is 65.2 Å². The van der Waals surface area contributed by atoms with Gasteiger partial charge in [0.2, 0.25) is 6.79 Å². The SMILES string of the molecule is O=C(/C=C/c1ccc2c(c1)OCO2)Cc1ccccc1C(=O)O. The van der Waals surface area contributed by atoms with Gasteiger partial charge in [-0.3, -0.25) is 4.79 Å². The van der Waals surface area contributed by atoms with E-state index in [0.717, 1.165) is 5.56 Å². The van der Waals surface area contributed by atoms with Gasteiger partial charge in [-0.15, -0.1) is 0 Å². The second-order valence-corrected chi connectivity index (χ2v) is 5.05. The van der Waals surface area contributed by atoms with Crippen molar-refractivity contribution in [1.29, 1.82) is 0 Å². The van der Waals surface area contributed by atoms with Gasteiger partial charge in [0.05, 0.1) is 5.56 Å². The number of allylic oxidation sites excluding steroid dienone is 1. The molecule has 0 radical (unpaired) electrons. The quantitative estimate of drug-likeness (QED) is 0.860. The lowest BCUT2D eigenvalue weighted by molar-refractivity contribution is -0.113. The molecule has 0 saturated heterocycles. The number of ketones is 1. The summed E-state index contributed by atoms with van der Waals surface area (Å²) >= 11 is 0. The molecule has 0 fully saturated rings. The Labute approximate surface area is 132 Å². The van der Waals surface area contributed by atoms with Crippen molar-refractivity contribution < 1.29 is 24.2 Å². The molecule has 116 valence electrons. The van der Waals surface area contributed by atoms with Crippen molar-refractivity contribution in [3.8, 4) is 11.5 Å². The summed E-state index contributed by atoms with van der Waals surface area (Å²) in [6.07, 6.45) is 3.16. The van der Waals surface area contributed by atoms with Gasteiger partial charge in [0.15, 0.2) is 17.3 Å². The lowest BCUT2D eigenvalue weighted by atomic mass is 10.0. The number of hydrogen-bond acceptors (Lipinski definition) is 4. The molecular formula is C18H14O5. The van der Waals surface area contributed by atoms with Gasteiger partial charge in [-0.25, -0.2) is 4.79 Å². The van der Waals surface area contributed by atoms with Crippen LogP contribution in [0.5, 0.6) is 11.5 Å². The van der Waals surface area contributed by atoms with Crippen molar-refractivity contribution in [2.24, 2.45) is 0 Å². The van der Waals surface area contributed by atoms with E-state index in [1.54, 1.807) is 36.4 Å². The Morgan fingerprint density at radius 1 is 1.09 bits per heavy atom. The first-order chi connectivity index (χ1) is 11.1. The van der Waals surface area contributed by atoms with Crippen LogP contribution in [0.25, 0.3) is 6.08 Å². The molecule has 0 aromatic heterocycles. The molecular weight excluding hydrogens is 296 g/mol. The van der Waals surface area contributed by atoms with Gasteiger partial charge in [-0.1, -0.05) is 30.3 Å². The van der Waals surface area contributed by atoms with Crippen molar-refractivity contribution in [2.45, 2.75) is 6.42 Å². The minimum absolute atomic E-state index is 0.0452. The van der Waals surface area contributed by atoms with E-state index in [2.05, 4.69) is 0 Å². The molecule has 0 amide bonds. The Hall–Kier alpha value is -3.08. The zero-order chi connectivity index (χ0) is 16.2. The van der Waals surface area contributed by atoms with Crippen LogP contribution in [0.4, 0.5) is 0 Å². The average molecular weight is 310 g/mol. The highest BCUT2D eigenvalue weighted by Crippen LogP contribution is 2.32. The molecule has 1 aliphatic heterocycles. The number of hydrogen-bond donors (Lipinski definition) is 1. The number of aromatic carboxylic acids is 1. The largest absolute Gasteiger partial charge is 0.478 e. The maximum absolute atomic E-state index is 12.1. The number of carboxylic acid groups (broad SMARTS) is 1. The summed E-state index contributed by atoms with van der Waals surface area (Å²) < 4.78 is 10.5. The first-order valence-corrected chi connectivity index (χ1v) is 7.05. The Morgan fingerprint density at radius 2 is 1.87 bits per heavy atom. The first kappa shape index (κ1) is 14.8. The van der Waals surface area contributed by atoms with Gasteiger partial charge in [0.1, 0.15) is 0 Å². The maximum atomic E-state index is 12.1. The number of carbonyl (C=O) groups excluding carboxylic acids is 1. The van der Waals surface area contributed by atoms with Crippen molar-refractivity contribution in [3.63, 3.8) is 0 Å². The van der Waals surface area contributed by atoms with Crippen LogP contribution < -0.4 is 9.47 Å². The Balaban J connectivity index is 1.71. The predicted octanol–water partition coefficient (Wildman–Crippen LogP) is 2.94. The van der Waals surface area contributed by atoms with Crippen molar-refractivity contribution >= 4 is 17.8 Å². The second kappa shape index (κ2) is 6.36. The number of carboxylic acids is 1. The molecule has 0 spiro atoms. The van der Waals surface area contributed by atoms with Gasteiger partial charge >= 0.3 is 5.97 Å². The van der Waals surface area contributed by atoms with Gasteiger partial charge in [0.25, 0.3) is 0 Å². The zero-order valence-electron chi connectivity index (χ0n) is 12.2. The Bertz CT molecular complexity index is 792. The second-order valence-electron chi connectivity index (χ2n) is 5.05. The standard InChI is InChI=1S/C18H14O5/c19-14(10-13-3-1-2-4-15(13)18(20)21)7-5-12-6-8-16-17(9-12)23-11-22-16/h1-9H,10-11H2,(H,20,21)/b7-5+. The molecule has 5 heteroatoms. The molecule has 2 aromatic rings. The van der Waals surface area contributed by atoms with E-state index in [1.165, 1.54) is 12.1 Å². The van der Waals surface area contributed by atoms with Gasteiger partial charge in [0, 0.05) is 6.42 Å². The van der Waals surface area contributed by atoms with E-state index < -0.39 is 5.97 Å². The minimum Gasteiger partial charge on any atom is -0.478 e. The highest BCUT2D eigenvalue weighted by atomic mass is 16.7. The summed E-state index contributed by atoms with van der Waals surface area (Å²) in [5, 5.41) is 9.12.